The normalized spacial score (nSPS) is 10.3. The molecule has 0 spiro atoms. The van der Waals surface area contributed by atoms with Crippen LogP contribution in [0.1, 0.15) is 16.2 Å². The molecule has 0 aliphatic carbocycles. The number of carbonyl (C=O) groups is 2. The topological polar surface area (TPSA) is 89.2 Å². The molecule has 0 atom stereocenters. The summed E-state index contributed by atoms with van der Waals surface area (Å²) in [6.45, 7) is 0.156. The maximum absolute atomic E-state index is 12.3. The minimum atomic E-state index is -0.371. The van der Waals surface area contributed by atoms with Gasteiger partial charge in [-0.3, -0.25) is 14.2 Å². The van der Waals surface area contributed by atoms with Crippen LogP contribution in [-0.4, -0.2) is 27.9 Å². The SMILES string of the molecule is O=C(CNC(=O)c1cncn1-c1ccccc1)NCc1ccco1. The lowest BCUT2D eigenvalue weighted by molar-refractivity contribution is -0.120. The summed E-state index contributed by atoms with van der Waals surface area (Å²) in [7, 11) is 0. The number of amides is 2. The van der Waals surface area contributed by atoms with E-state index in [1.807, 2.05) is 30.3 Å². The van der Waals surface area contributed by atoms with Gasteiger partial charge in [0.2, 0.25) is 5.91 Å². The van der Waals surface area contributed by atoms with Gasteiger partial charge in [0.1, 0.15) is 11.5 Å². The largest absolute Gasteiger partial charge is 0.467 e. The van der Waals surface area contributed by atoms with Crippen LogP contribution in [0.4, 0.5) is 0 Å². The Morgan fingerprint density at radius 2 is 1.92 bits per heavy atom. The highest BCUT2D eigenvalue weighted by Gasteiger charge is 2.14. The average molecular weight is 324 g/mol. The van der Waals surface area contributed by atoms with Gasteiger partial charge in [-0.1, -0.05) is 18.2 Å². The second kappa shape index (κ2) is 7.28. The molecule has 2 heterocycles. The Kier molecular flexibility index (Phi) is 4.71. The minimum Gasteiger partial charge on any atom is -0.467 e. The van der Waals surface area contributed by atoms with Crippen molar-refractivity contribution in [1.82, 2.24) is 20.2 Å². The number of furan rings is 1. The Labute approximate surface area is 138 Å². The summed E-state index contributed by atoms with van der Waals surface area (Å²) in [4.78, 5) is 28.1. The molecule has 7 heteroatoms. The first kappa shape index (κ1) is 15.5. The highest BCUT2D eigenvalue weighted by atomic mass is 16.3. The number of nitrogens with zero attached hydrogens (tertiary/aromatic N) is 2. The number of imidazole rings is 1. The second-order valence-electron chi connectivity index (χ2n) is 5.02. The van der Waals surface area contributed by atoms with Gasteiger partial charge in [-0.2, -0.15) is 0 Å². The van der Waals surface area contributed by atoms with Crippen molar-refractivity contribution >= 4 is 11.8 Å². The predicted molar refractivity (Wildman–Crippen MR) is 86.5 cm³/mol. The van der Waals surface area contributed by atoms with Gasteiger partial charge in [0.15, 0.2) is 0 Å². The molecular weight excluding hydrogens is 308 g/mol. The van der Waals surface area contributed by atoms with Gasteiger partial charge in [0.05, 0.1) is 31.9 Å². The maximum Gasteiger partial charge on any atom is 0.270 e. The summed E-state index contributed by atoms with van der Waals surface area (Å²) in [5, 5.41) is 5.24. The third-order valence-electron chi connectivity index (χ3n) is 3.35. The standard InChI is InChI=1S/C17H16N4O3/c22-16(19-9-14-7-4-8-24-14)11-20-17(23)15-10-18-12-21(15)13-5-2-1-3-6-13/h1-8,10,12H,9,11H2,(H,19,22)(H,20,23). The Bertz CT molecular complexity index is 810. The molecule has 3 aromatic rings. The lowest BCUT2D eigenvalue weighted by Crippen LogP contribution is -2.37. The van der Waals surface area contributed by atoms with Crippen molar-refractivity contribution in [1.29, 1.82) is 0 Å². The van der Waals surface area contributed by atoms with Gasteiger partial charge in [0.25, 0.3) is 5.91 Å². The fourth-order valence-electron chi connectivity index (χ4n) is 2.17. The van der Waals surface area contributed by atoms with Gasteiger partial charge >= 0.3 is 0 Å². The monoisotopic (exact) mass is 324 g/mol. The lowest BCUT2D eigenvalue weighted by Gasteiger charge is -2.09. The van der Waals surface area contributed by atoms with E-state index in [2.05, 4.69) is 15.6 Å². The molecule has 2 amide bonds. The minimum absolute atomic E-state index is 0.125. The number of hydrogen-bond acceptors (Lipinski definition) is 4. The summed E-state index contributed by atoms with van der Waals surface area (Å²) in [5.41, 5.74) is 1.18. The van der Waals surface area contributed by atoms with Gasteiger partial charge in [-0.15, -0.1) is 0 Å². The van der Waals surface area contributed by atoms with Crippen molar-refractivity contribution in [3.8, 4) is 5.69 Å². The van der Waals surface area contributed by atoms with Gasteiger partial charge < -0.3 is 15.1 Å². The van der Waals surface area contributed by atoms with E-state index >= 15 is 0 Å². The van der Waals surface area contributed by atoms with E-state index in [0.29, 0.717) is 11.5 Å². The van der Waals surface area contributed by atoms with E-state index in [9.17, 15) is 9.59 Å². The van der Waals surface area contributed by atoms with Crippen molar-refractivity contribution in [2.45, 2.75) is 6.54 Å². The number of para-hydroxylation sites is 1. The third-order valence-corrected chi connectivity index (χ3v) is 3.35. The van der Waals surface area contributed by atoms with Crippen LogP contribution in [0.5, 0.6) is 0 Å². The number of benzene rings is 1. The molecule has 24 heavy (non-hydrogen) atoms. The molecule has 0 saturated carbocycles. The molecule has 0 radical (unpaired) electrons. The molecule has 0 unspecified atom stereocenters. The van der Waals surface area contributed by atoms with Crippen molar-refractivity contribution in [2.75, 3.05) is 6.54 Å². The van der Waals surface area contributed by atoms with Crippen molar-refractivity contribution in [3.63, 3.8) is 0 Å². The first-order chi connectivity index (χ1) is 11.7. The smallest absolute Gasteiger partial charge is 0.270 e. The quantitative estimate of drug-likeness (QED) is 0.719. The van der Waals surface area contributed by atoms with Crippen molar-refractivity contribution < 1.29 is 14.0 Å². The van der Waals surface area contributed by atoms with Gasteiger partial charge in [-0.05, 0) is 24.3 Å². The number of hydrogen-bond donors (Lipinski definition) is 2. The van der Waals surface area contributed by atoms with Crippen molar-refractivity contribution in [3.05, 3.63) is 72.7 Å². The molecule has 0 aliphatic heterocycles. The van der Waals surface area contributed by atoms with E-state index in [-0.39, 0.29) is 24.9 Å². The fraction of sp³-hybridized carbons (Fsp3) is 0.118. The molecule has 3 rings (SSSR count). The third kappa shape index (κ3) is 3.70. The van der Waals surface area contributed by atoms with Crippen LogP contribution in [0.2, 0.25) is 0 Å². The summed E-state index contributed by atoms with van der Waals surface area (Å²) in [6, 6.07) is 12.9. The molecule has 2 aromatic heterocycles. The molecule has 0 bridgehead atoms. The van der Waals surface area contributed by atoms with Crippen LogP contribution >= 0.6 is 0 Å². The van der Waals surface area contributed by atoms with Gasteiger partial charge in [-0.25, -0.2) is 4.98 Å². The summed E-state index contributed by atoms with van der Waals surface area (Å²) < 4.78 is 6.78. The first-order valence-corrected chi connectivity index (χ1v) is 7.39. The summed E-state index contributed by atoms with van der Waals surface area (Å²) in [5.74, 6) is -0.0214. The zero-order valence-corrected chi connectivity index (χ0v) is 12.8. The number of aromatic nitrogens is 2. The number of rotatable bonds is 6. The zero-order chi connectivity index (χ0) is 16.8. The summed E-state index contributed by atoms with van der Waals surface area (Å²) >= 11 is 0. The fourth-order valence-corrected chi connectivity index (χ4v) is 2.17. The van der Waals surface area contributed by atoms with Crippen LogP contribution in [0.3, 0.4) is 0 Å². The lowest BCUT2D eigenvalue weighted by atomic mass is 10.3. The van der Waals surface area contributed by atoms with Gasteiger partial charge in [0, 0.05) is 5.69 Å². The maximum atomic E-state index is 12.3. The molecule has 0 aliphatic rings. The predicted octanol–water partition coefficient (Wildman–Crippen LogP) is 1.51. The molecule has 2 N–H and O–H groups in total. The van der Waals surface area contributed by atoms with E-state index in [4.69, 9.17) is 4.42 Å². The molecule has 7 nitrogen and oxygen atoms in total. The van der Waals surface area contributed by atoms with Crippen LogP contribution in [0.25, 0.3) is 5.69 Å². The Hall–Kier alpha value is -3.35. The number of nitrogens with one attached hydrogen (secondary N) is 2. The van der Waals surface area contributed by atoms with E-state index < -0.39 is 0 Å². The van der Waals surface area contributed by atoms with Crippen LogP contribution in [0, 0.1) is 0 Å². The van der Waals surface area contributed by atoms with Crippen LogP contribution in [-0.2, 0) is 11.3 Å². The highest BCUT2D eigenvalue weighted by Crippen LogP contribution is 2.10. The first-order valence-electron chi connectivity index (χ1n) is 7.39. The average Bonchev–Trinajstić information content (AvgIpc) is 3.30. The Morgan fingerprint density at radius 1 is 1.08 bits per heavy atom. The zero-order valence-electron chi connectivity index (χ0n) is 12.8. The van der Waals surface area contributed by atoms with E-state index in [1.165, 1.54) is 12.5 Å². The van der Waals surface area contributed by atoms with E-state index in [1.54, 1.807) is 23.0 Å². The molecule has 1 aromatic carbocycles. The molecule has 122 valence electrons. The second-order valence-corrected chi connectivity index (χ2v) is 5.02. The number of carbonyl (C=O) groups excluding carboxylic acids is 2. The highest BCUT2D eigenvalue weighted by molar-refractivity contribution is 5.95. The Morgan fingerprint density at radius 3 is 2.67 bits per heavy atom. The summed E-state index contributed by atoms with van der Waals surface area (Å²) in [6.07, 6.45) is 4.55. The van der Waals surface area contributed by atoms with Crippen LogP contribution < -0.4 is 10.6 Å². The van der Waals surface area contributed by atoms with Crippen molar-refractivity contribution in [2.24, 2.45) is 0 Å². The Balaban J connectivity index is 1.56. The molecule has 0 saturated heterocycles. The van der Waals surface area contributed by atoms with E-state index in [0.717, 1.165) is 5.69 Å². The molecule has 0 fully saturated rings. The van der Waals surface area contributed by atoms with Crippen LogP contribution in [0.15, 0.2) is 65.7 Å². The molecular formula is C17H16N4O3.